The highest BCUT2D eigenvalue weighted by Crippen LogP contribution is 2.19. The van der Waals surface area contributed by atoms with Gasteiger partial charge in [-0.2, -0.15) is 0 Å². The Morgan fingerprint density at radius 2 is 1.59 bits per heavy atom. The van der Waals surface area contributed by atoms with E-state index in [2.05, 4.69) is 10.0 Å². The third-order valence-electron chi connectivity index (χ3n) is 4.13. The minimum absolute atomic E-state index is 0.102. The number of ether oxygens (including phenoxy) is 1. The third-order valence-corrected chi connectivity index (χ3v) is 5.52. The minimum atomic E-state index is -3.72. The van der Waals surface area contributed by atoms with Gasteiger partial charge in [0.05, 0.1) is 4.90 Å². The van der Waals surface area contributed by atoms with Crippen LogP contribution in [0.5, 0.6) is 5.75 Å². The number of rotatable bonds is 7. The molecule has 29 heavy (non-hydrogen) atoms. The van der Waals surface area contributed by atoms with Crippen molar-refractivity contribution in [2.75, 3.05) is 10.0 Å². The van der Waals surface area contributed by atoms with Crippen molar-refractivity contribution in [2.24, 2.45) is 0 Å². The fraction of sp³-hybridized carbons (Fsp3) is 0.136. The Morgan fingerprint density at radius 3 is 2.24 bits per heavy atom. The summed E-state index contributed by atoms with van der Waals surface area (Å²) in [4.78, 5) is 12.4. The normalized spacial score (nSPS) is 12.1. The van der Waals surface area contributed by atoms with E-state index >= 15 is 0 Å². The topological polar surface area (TPSA) is 84.5 Å². The lowest BCUT2D eigenvalue weighted by Gasteiger charge is -2.15. The van der Waals surface area contributed by atoms with Crippen molar-refractivity contribution in [2.45, 2.75) is 24.8 Å². The number of carbonyl (C=O) groups is 1. The highest BCUT2D eigenvalue weighted by atomic mass is 32.2. The first kappa shape index (κ1) is 20.4. The molecule has 0 fully saturated rings. The fourth-order valence-corrected chi connectivity index (χ4v) is 3.69. The van der Waals surface area contributed by atoms with Gasteiger partial charge in [-0.25, -0.2) is 8.42 Å². The zero-order valence-electron chi connectivity index (χ0n) is 16.1. The second-order valence-electron chi connectivity index (χ2n) is 6.56. The van der Waals surface area contributed by atoms with Crippen molar-refractivity contribution in [1.82, 2.24) is 0 Å². The van der Waals surface area contributed by atoms with E-state index in [1.54, 1.807) is 37.3 Å². The molecule has 0 unspecified atom stereocenters. The predicted molar refractivity (Wildman–Crippen MR) is 114 cm³/mol. The van der Waals surface area contributed by atoms with Crippen LogP contribution >= 0.6 is 0 Å². The van der Waals surface area contributed by atoms with E-state index in [0.29, 0.717) is 17.1 Å². The number of para-hydroxylation sites is 1. The number of hydrogen-bond donors (Lipinski definition) is 2. The monoisotopic (exact) mass is 410 g/mol. The predicted octanol–water partition coefficient (Wildman–Crippen LogP) is 4.20. The van der Waals surface area contributed by atoms with Gasteiger partial charge in [0.2, 0.25) is 0 Å². The molecule has 0 aliphatic rings. The maximum Gasteiger partial charge on any atom is 0.265 e. The Balaban J connectivity index is 1.64. The van der Waals surface area contributed by atoms with Gasteiger partial charge in [-0.3, -0.25) is 9.52 Å². The summed E-state index contributed by atoms with van der Waals surface area (Å²) in [5, 5.41) is 2.72. The summed E-state index contributed by atoms with van der Waals surface area (Å²) in [6, 6.07) is 22.1. The lowest BCUT2D eigenvalue weighted by molar-refractivity contribution is -0.122. The lowest BCUT2D eigenvalue weighted by atomic mass is 10.2. The average molecular weight is 410 g/mol. The first-order valence-electron chi connectivity index (χ1n) is 9.05. The smallest absolute Gasteiger partial charge is 0.265 e. The number of aryl methyl sites for hydroxylation is 1. The van der Waals surface area contributed by atoms with Gasteiger partial charge in [-0.15, -0.1) is 0 Å². The van der Waals surface area contributed by atoms with Crippen LogP contribution in [0.3, 0.4) is 0 Å². The van der Waals surface area contributed by atoms with E-state index in [1.165, 1.54) is 24.3 Å². The second kappa shape index (κ2) is 8.79. The molecule has 2 N–H and O–H groups in total. The Kier molecular flexibility index (Phi) is 6.19. The number of nitrogens with one attached hydrogen (secondary N) is 2. The molecule has 0 heterocycles. The van der Waals surface area contributed by atoms with Crippen molar-refractivity contribution >= 4 is 27.3 Å². The van der Waals surface area contributed by atoms with E-state index in [9.17, 15) is 13.2 Å². The van der Waals surface area contributed by atoms with Crippen LogP contribution in [0.15, 0.2) is 83.8 Å². The number of amides is 1. The van der Waals surface area contributed by atoms with Gasteiger partial charge >= 0.3 is 0 Å². The Hall–Kier alpha value is -3.32. The van der Waals surface area contributed by atoms with Crippen LogP contribution in [0, 0.1) is 6.92 Å². The molecule has 0 aliphatic carbocycles. The average Bonchev–Trinajstić information content (AvgIpc) is 2.69. The molecular formula is C22H22N2O4S. The Bertz CT molecular complexity index is 1080. The number of benzene rings is 3. The maximum atomic E-state index is 12.5. The van der Waals surface area contributed by atoms with Gasteiger partial charge in [0.25, 0.3) is 15.9 Å². The molecule has 150 valence electrons. The summed E-state index contributed by atoms with van der Waals surface area (Å²) in [6.07, 6.45) is -0.705. The second-order valence-corrected chi connectivity index (χ2v) is 8.24. The van der Waals surface area contributed by atoms with Crippen LogP contribution in [0.1, 0.15) is 12.5 Å². The van der Waals surface area contributed by atoms with Crippen LogP contribution in [-0.4, -0.2) is 20.4 Å². The zero-order chi connectivity index (χ0) is 20.9. The maximum absolute atomic E-state index is 12.5. The van der Waals surface area contributed by atoms with Gasteiger partial charge < -0.3 is 10.1 Å². The van der Waals surface area contributed by atoms with Crippen molar-refractivity contribution < 1.29 is 17.9 Å². The van der Waals surface area contributed by atoms with E-state index < -0.39 is 16.1 Å². The summed E-state index contributed by atoms with van der Waals surface area (Å²) in [5.74, 6) is 0.265. The lowest BCUT2D eigenvalue weighted by Crippen LogP contribution is -2.30. The minimum Gasteiger partial charge on any atom is -0.481 e. The molecule has 0 radical (unpaired) electrons. The Morgan fingerprint density at radius 1 is 0.897 bits per heavy atom. The van der Waals surface area contributed by atoms with Crippen LogP contribution < -0.4 is 14.8 Å². The SMILES string of the molecule is Cc1cccc(NS(=O)(=O)c2ccc(NC(=O)[C@H](C)Oc3ccccc3)cc2)c1. The molecule has 3 aromatic rings. The number of hydrogen-bond acceptors (Lipinski definition) is 4. The summed E-state index contributed by atoms with van der Waals surface area (Å²) in [6.45, 7) is 3.53. The van der Waals surface area contributed by atoms with Gasteiger partial charge in [0, 0.05) is 11.4 Å². The molecular weight excluding hydrogens is 388 g/mol. The van der Waals surface area contributed by atoms with Crippen LogP contribution in [-0.2, 0) is 14.8 Å². The summed E-state index contributed by atoms with van der Waals surface area (Å²) < 4.78 is 33.2. The Labute approximate surface area is 170 Å². The number of anilines is 2. The van der Waals surface area contributed by atoms with Gasteiger partial charge in [0.1, 0.15) is 5.75 Å². The number of carbonyl (C=O) groups excluding carboxylic acids is 1. The highest BCUT2D eigenvalue weighted by Gasteiger charge is 2.17. The van der Waals surface area contributed by atoms with Crippen molar-refractivity contribution in [1.29, 1.82) is 0 Å². The standard InChI is InChI=1S/C22H22N2O4S/c1-16-7-6-8-19(15-16)24-29(26,27)21-13-11-18(12-14-21)23-22(25)17(2)28-20-9-4-3-5-10-20/h3-15,17,24H,1-2H3,(H,23,25)/t17-/m0/s1. The molecule has 6 nitrogen and oxygen atoms in total. The van der Waals surface area contributed by atoms with Crippen molar-refractivity contribution in [3.8, 4) is 5.75 Å². The highest BCUT2D eigenvalue weighted by molar-refractivity contribution is 7.92. The first-order chi connectivity index (χ1) is 13.8. The van der Waals surface area contributed by atoms with Crippen molar-refractivity contribution in [3.05, 3.63) is 84.4 Å². The molecule has 0 spiro atoms. The molecule has 0 aromatic heterocycles. The van der Waals surface area contributed by atoms with Crippen LogP contribution in [0.2, 0.25) is 0 Å². The molecule has 7 heteroatoms. The van der Waals surface area contributed by atoms with Gasteiger partial charge in [-0.05, 0) is 67.9 Å². The summed E-state index contributed by atoms with van der Waals surface area (Å²) in [5.41, 5.74) is 1.93. The largest absolute Gasteiger partial charge is 0.481 e. The van der Waals surface area contributed by atoms with E-state index in [0.717, 1.165) is 5.56 Å². The molecule has 3 rings (SSSR count). The molecule has 0 saturated heterocycles. The molecule has 0 bridgehead atoms. The zero-order valence-corrected chi connectivity index (χ0v) is 16.9. The van der Waals surface area contributed by atoms with E-state index in [-0.39, 0.29) is 10.8 Å². The van der Waals surface area contributed by atoms with E-state index in [4.69, 9.17) is 4.74 Å². The molecule has 1 amide bonds. The molecule has 0 aliphatic heterocycles. The van der Waals surface area contributed by atoms with Gasteiger partial charge in [-0.1, -0.05) is 30.3 Å². The van der Waals surface area contributed by atoms with Crippen molar-refractivity contribution in [3.63, 3.8) is 0 Å². The quantitative estimate of drug-likeness (QED) is 0.611. The summed E-state index contributed by atoms with van der Waals surface area (Å²) in [7, 11) is -3.72. The first-order valence-corrected chi connectivity index (χ1v) is 10.5. The van der Waals surface area contributed by atoms with E-state index in [1.807, 2.05) is 31.2 Å². The van der Waals surface area contributed by atoms with Crippen LogP contribution in [0.25, 0.3) is 0 Å². The molecule has 3 aromatic carbocycles. The molecule has 1 atom stereocenters. The third kappa shape index (κ3) is 5.58. The fourth-order valence-electron chi connectivity index (χ4n) is 2.64. The summed E-state index contributed by atoms with van der Waals surface area (Å²) >= 11 is 0. The molecule has 0 saturated carbocycles. The number of sulfonamides is 1. The van der Waals surface area contributed by atoms with Crippen LogP contribution in [0.4, 0.5) is 11.4 Å². The van der Waals surface area contributed by atoms with Gasteiger partial charge in [0.15, 0.2) is 6.10 Å².